The highest BCUT2D eigenvalue weighted by Gasteiger charge is 2.34. The summed E-state index contributed by atoms with van der Waals surface area (Å²) >= 11 is 0. The fourth-order valence-corrected chi connectivity index (χ4v) is 3.41. The number of carbonyl (C=O) groups is 2. The summed E-state index contributed by atoms with van der Waals surface area (Å²) in [5, 5.41) is 9.00. The van der Waals surface area contributed by atoms with Gasteiger partial charge in [0, 0.05) is 32.8 Å². The Morgan fingerprint density at radius 3 is 2.52 bits per heavy atom. The van der Waals surface area contributed by atoms with Crippen molar-refractivity contribution in [2.45, 2.75) is 39.3 Å². The number of aryl methyl sites for hydroxylation is 2. The van der Waals surface area contributed by atoms with Crippen LogP contribution in [0.25, 0.3) is 0 Å². The first-order valence-corrected chi connectivity index (χ1v) is 9.85. The summed E-state index contributed by atoms with van der Waals surface area (Å²) in [6.45, 7) is 5.77. The van der Waals surface area contributed by atoms with Gasteiger partial charge in [0.25, 0.3) is 5.91 Å². The molecule has 29 heavy (non-hydrogen) atoms. The van der Waals surface area contributed by atoms with E-state index in [1.54, 1.807) is 7.05 Å². The number of urea groups is 1. The zero-order valence-corrected chi connectivity index (χ0v) is 17.7. The largest absolute Gasteiger partial charge is 0.350 e. The van der Waals surface area contributed by atoms with E-state index in [1.165, 1.54) is 15.5 Å². The van der Waals surface area contributed by atoms with Crippen LogP contribution in [0.1, 0.15) is 43.1 Å². The summed E-state index contributed by atoms with van der Waals surface area (Å²) in [6, 6.07) is 11.7. The maximum atomic E-state index is 13.1. The lowest BCUT2D eigenvalue weighted by atomic mass is 9.99. The Labute approximate surface area is 172 Å². The van der Waals surface area contributed by atoms with Crippen molar-refractivity contribution in [1.29, 1.82) is 0 Å². The topological polar surface area (TPSA) is 69.9 Å². The fourth-order valence-electron chi connectivity index (χ4n) is 3.41. The number of aromatic nitrogens is 1. The molecule has 154 valence electrons. The molecule has 0 aliphatic carbocycles. The van der Waals surface area contributed by atoms with Gasteiger partial charge >= 0.3 is 6.03 Å². The molecule has 7 nitrogen and oxygen atoms in total. The van der Waals surface area contributed by atoms with Gasteiger partial charge < -0.3 is 14.8 Å². The first-order valence-electron chi connectivity index (χ1n) is 9.85. The summed E-state index contributed by atoms with van der Waals surface area (Å²) in [7, 11) is 3.58. The van der Waals surface area contributed by atoms with Crippen molar-refractivity contribution in [3.63, 3.8) is 0 Å². The molecule has 2 aromatic rings. The molecular weight excluding hydrogens is 366 g/mol. The highest BCUT2D eigenvalue weighted by molar-refractivity contribution is 6.02. The molecule has 7 heteroatoms. The molecule has 2 heterocycles. The van der Waals surface area contributed by atoms with Gasteiger partial charge in [0.2, 0.25) is 0 Å². The Balaban J connectivity index is 1.85. The summed E-state index contributed by atoms with van der Waals surface area (Å²) in [5.41, 5.74) is 4.05. The lowest BCUT2D eigenvalue weighted by Crippen LogP contribution is -2.45. The number of hydrogen-bond donors (Lipinski definition) is 1. The monoisotopic (exact) mass is 395 g/mol. The molecule has 0 spiro atoms. The van der Waals surface area contributed by atoms with Crippen LogP contribution in [0.2, 0.25) is 0 Å². The fraction of sp³-hybridized carbons (Fsp3) is 0.409. The highest BCUT2D eigenvalue weighted by atomic mass is 16.2. The van der Waals surface area contributed by atoms with E-state index in [4.69, 9.17) is 0 Å². The Bertz CT molecular complexity index is 914. The van der Waals surface area contributed by atoms with Crippen LogP contribution < -0.4 is 5.32 Å². The van der Waals surface area contributed by atoms with Crippen molar-refractivity contribution in [3.05, 3.63) is 59.4 Å². The number of nitrogens with one attached hydrogen (secondary N) is 1. The maximum Gasteiger partial charge on any atom is 0.317 e. The number of amides is 3. The van der Waals surface area contributed by atoms with Crippen LogP contribution in [-0.4, -0.2) is 51.8 Å². The molecule has 1 aliphatic heterocycles. The summed E-state index contributed by atoms with van der Waals surface area (Å²) in [5.74, 6) is -0.207. The van der Waals surface area contributed by atoms with Crippen LogP contribution >= 0.6 is 0 Å². The number of carbonyl (C=O) groups excluding carboxylic acids is 2. The second-order valence-electron chi connectivity index (χ2n) is 7.88. The molecule has 3 rings (SSSR count). The number of benzene rings is 1. The van der Waals surface area contributed by atoms with E-state index < -0.39 is 0 Å². The predicted octanol–water partition coefficient (Wildman–Crippen LogP) is 3.06. The van der Waals surface area contributed by atoms with Crippen LogP contribution in [0, 0.1) is 6.92 Å². The first-order chi connectivity index (χ1) is 13.8. The molecule has 1 aromatic carbocycles. The van der Waals surface area contributed by atoms with Gasteiger partial charge in [0.05, 0.1) is 17.4 Å². The van der Waals surface area contributed by atoms with Gasteiger partial charge in [-0.3, -0.25) is 4.79 Å². The molecular formula is C22H29N5O2. The van der Waals surface area contributed by atoms with Gasteiger partial charge in [-0.25, -0.2) is 9.80 Å². The minimum atomic E-state index is -0.272. The van der Waals surface area contributed by atoms with Gasteiger partial charge in [-0.2, -0.15) is 5.10 Å². The Hall–Kier alpha value is -3.09. The summed E-state index contributed by atoms with van der Waals surface area (Å²) < 4.78 is 2.00. The standard InChI is InChI=1S/C22H29N5O2/c1-15(2)23-22(29)26(5)14-21(28)27-20(17-10-8-16(3)9-11-17)13-18(24-27)19-7-6-12-25(19)4/h6-12,15,20H,13-14H2,1-5H3,(H,23,29)/t20-/m1/s1. The average Bonchev–Trinajstić information content (AvgIpc) is 3.28. The molecule has 1 aliphatic rings. The predicted molar refractivity (Wildman–Crippen MR) is 114 cm³/mol. The molecule has 0 radical (unpaired) electrons. The number of nitrogens with zero attached hydrogens (tertiary/aromatic N) is 4. The molecule has 1 aromatic heterocycles. The Morgan fingerprint density at radius 1 is 1.24 bits per heavy atom. The van der Waals surface area contributed by atoms with Gasteiger partial charge in [-0.1, -0.05) is 29.8 Å². The highest BCUT2D eigenvalue weighted by Crippen LogP contribution is 2.33. The second kappa shape index (κ2) is 8.51. The van der Waals surface area contributed by atoms with Crippen molar-refractivity contribution in [1.82, 2.24) is 19.8 Å². The normalized spacial score (nSPS) is 16.1. The number of hydrazone groups is 1. The Morgan fingerprint density at radius 2 is 1.93 bits per heavy atom. The summed E-state index contributed by atoms with van der Waals surface area (Å²) in [6.07, 6.45) is 2.60. The van der Waals surface area contributed by atoms with Crippen LogP contribution in [0.15, 0.2) is 47.7 Å². The zero-order valence-electron chi connectivity index (χ0n) is 17.7. The van der Waals surface area contributed by atoms with E-state index in [0.717, 1.165) is 17.0 Å². The third kappa shape index (κ3) is 4.67. The third-order valence-electron chi connectivity index (χ3n) is 5.00. The van der Waals surface area contributed by atoms with Crippen LogP contribution in [0.4, 0.5) is 4.79 Å². The van der Waals surface area contributed by atoms with Crippen molar-refractivity contribution in [2.75, 3.05) is 13.6 Å². The zero-order chi connectivity index (χ0) is 21.1. The van der Waals surface area contributed by atoms with Crippen molar-refractivity contribution >= 4 is 17.6 Å². The minimum absolute atomic E-state index is 0.00844. The van der Waals surface area contributed by atoms with Gasteiger partial charge in [-0.05, 0) is 38.5 Å². The maximum absolute atomic E-state index is 13.1. The van der Waals surface area contributed by atoms with E-state index in [0.29, 0.717) is 6.42 Å². The van der Waals surface area contributed by atoms with Gasteiger partial charge in [0.1, 0.15) is 6.54 Å². The number of rotatable bonds is 5. The van der Waals surface area contributed by atoms with E-state index >= 15 is 0 Å². The molecule has 3 amide bonds. The van der Waals surface area contributed by atoms with E-state index in [1.807, 2.05) is 75.0 Å². The molecule has 0 saturated heterocycles. The summed E-state index contributed by atoms with van der Waals surface area (Å²) in [4.78, 5) is 26.7. The van der Waals surface area contributed by atoms with Crippen molar-refractivity contribution in [2.24, 2.45) is 12.1 Å². The molecule has 0 saturated carbocycles. The molecule has 0 bridgehead atoms. The molecule has 0 fully saturated rings. The van der Waals surface area contributed by atoms with E-state index in [-0.39, 0.29) is 30.6 Å². The van der Waals surface area contributed by atoms with E-state index in [9.17, 15) is 9.59 Å². The van der Waals surface area contributed by atoms with Crippen LogP contribution in [0.3, 0.4) is 0 Å². The Kier molecular flexibility index (Phi) is 6.06. The SMILES string of the molecule is Cc1ccc([C@H]2CC(c3cccn3C)=NN2C(=O)CN(C)C(=O)NC(C)C)cc1. The quantitative estimate of drug-likeness (QED) is 0.845. The smallest absolute Gasteiger partial charge is 0.317 e. The second-order valence-corrected chi connectivity index (χ2v) is 7.88. The van der Waals surface area contributed by atoms with Gasteiger partial charge in [0.15, 0.2) is 0 Å². The van der Waals surface area contributed by atoms with E-state index in [2.05, 4.69) is 10.4 Å². The van der Waals surface area contributed by atoms with Crippen molar-refractivity contribution < 1.29 is 9.59 Å². The lowest BCUT2D eigenvalue weighted by Gasteiger charge is -2.25. The number of likely N-dealkylation sites (N-methyl/N-ethyl adjacent to an activating group) is 1. The average molecular weight is 396 g/mol. The van der Waals surface area contributed by atoms with Crippen molar-refractivity contribution in [3.8, 4) is 0 Å². The molecule has 1 N–H and O–H groups in total. The van der Waals surface area contributed by atoms with Gasteiger partial charge in [-0.15, -0.1) is 0 Å². The van der Waals surface area contributed by atoms with Crippen LogP contribution in [-0.2, 0) is 11.8 Å². The third-order valence-corrected chi connectivity index (χ3v) is 5.00. The molecule has 0 unspecified atom stereocenters. The molecule has 1 atom stereocenters. The minimum Gasteiger partial charge on any atom is -0.350 e. The first kappa shape index (κ1) is 20.6. The lowest BCUT2D eigenvalue weighted by molar-refractivity contribution is -0.133. The van der Waals surface area contributed by atoms with Crippen LogP contribution in [0.5, 0.6) is 0 Å². The number of hydrogen-bond acceptors (Lipinski definition) is 3.